The molecule has 3 unspecified atom stereocenters. The first-order chi connectivity index (χ1) is 6.93. The minimum absolute atomic E-state index is 0.193. The zero-order chi connectivity index (χ0) is 11.5. The van der Waals surface area contributed by atoms with Crippen molar-refractivity contribution in [3.05, 3.63) is 0 Å². The van der Waals surface area contributed by atoms with E-state index in [1.807, 2.05) is 0 Å². The molecule has 4 N–H and O–H groups in total. The fourth-order valence-electron chi connectivity index (χ4n) is 2.21. The predicted molar refractivity (Wildman–Crippen MR) is 59.2 cm³/mol. The minimum Gasteiger partial charge on any atom is -0.388 e. The van der Waals surface area contributed by atoms with Crippen molar-refractivity contribution in [2.75, 3.05) is 6.54 Å². The number of hydrogen-bond donors (Lipinski definition) is 3. The molecule has 0 saturated heterocycles. The molecule has 0 spiro atoms. The molecule has 0 radical (unpaired) electrons. The number of carbonyl (C=O) groups is 1. The molecule has 0 aromatic rings. The van der Waals surface area contributed by atoms with Gasteiger partial charge in [0.05, 0.1) is 11.6 Å². The Balaban J connectivity index is 2.39. The second kappa shape index (κ2) is 4.94. The Morgan fingerprint density at radius 1 is 1.73 bits per heavy atom. The van der Waals surface area contributed by atoms with Gasteiger partial charge < -0.3 is 16.2 Å². The van der Waals surface area contributed by atoms with Crippen LogP contribution in [-0.4, -0.2) is 29.2 Å². The Morgan fingerprint density at radius 3 is 2.93 bits per heavy atom. The number of nitrogens with one attached hydrogen (secondary N) is 1. The van der Waals surface area contributed by atoms with Gasteiger partial charge in [-0.25, -0.2) is 0 Å². The van der Waals surface area contributed by atoms with Crippen LogP contribution < -0.4 is 11.1 Å². The van der Waals surface area contributed by atoms with Crippen LogP contribution in [0.4, 0.5) is 0 Å². The molecule has 1 aliphatic rings. The Kier molecular flexibility index (Phi) is 4.11. The molecule has 15 heavy (non-hydrogen) atoms. The summed E-state index contributed by atoms with van der Waals surface area (Å²) < 4.78 is 0. The Morgan fingerprint density at radius 2 is 2.40 bits per heavy atom. The minimum atomic E-state index is -0.720. The van der Waals surface area contributed by atoms with Gasteiger partial charge in [-0.3, -0.25) is 4.79 Å². The maximum Gasteiger partial charge on any atom is 0.236 e. The summed E-state index contributed by atoms with van der Waals surface area (Å²) in [4.78, 5) is 11.3. The molecule has 0 heterocycles. The van der Waals surface area contributed by atoms with Crippen molar-refractivity contribution in [2.45, 2.75) is 51.2 Å². The molecule has 3 atom stereocenters. The SMILES string of the molecule is CC1CCCC(O)(CNC(=O)C(C)N)C1. The van der Waals surface area contributed by atoms with Crippen LogP contribution in [0.1, 0.15) is 39.5 Å². The number of amides is 1. The summed E-state index contributed by atoms with van der Waals surface area (Å²) in [6, 6.07) is -0.505. The first-order valence-corrected chi connectivity index (χ1v) is 5.69. The fraction of sp³-hybridized carbons (Fsp3) is 0.909. The van der Waals surface area contributed by atoms with Crippen molar-refractivity contribution >= 4 is 5.91 Å². The summed E-state index contributed by atoms with van der Waals surface area (Å²) in [6.07, 6.45) is 3.75. The van der Waals surface area contributed by atoms with Crippen molar-refractivity contribution < 1.29 is 9.90 Å². The van der Waals surface area contributed by atoms with Gasteiger partial charge in [-0.15, -0.1) is 0 Å². The number of hydrogen-bond acceptors (Lipinski definition) is 3. The molecule has 4 heteroatoms. The molecule has 1 aliphatic carbocycles. The first-order valence-electron chi connectivity index (χ1n) is 5.69. The van der Waals surface area contributed by atoms with Crippen LogP contribution in [0.3, 0.4) is 0 Å². The van der Waals surface area contributed by atoms with Crippen LogP contribution in [0.5, 0.6) is 0 Å². The van der Waals surface area contributed by atoms with Gasteiger partial charge in [-0.05, 0) is 25.7 Å². The average molecular weight is 214 g/mol. The predicted octanol–water partition coefficient (Wildman–Crippen LogP) is 0.391. The van der Waals surface area contributed by atoms with Gasteiger partial charge in [0.25, 0.3) is 0 Å². The Hall–Kier alpha value is -0.610. The van der Waals surface area contributed by atoms with Crippen molar-refractivity contribution in [3.8, 4) is 0 Å². The van der Waals surface area contributed by atoms with Gasteiger partial charge in [0, 0.05) is 6.54 Å². The largest absolute Gasteiger partial charge is 0.388 e. The molecule has 0 aromatic heterocycles. The molecule has 1 saturated carbocycles. The maximum absolute atomic E-state index is 11.3. The van der Waals surface area contributed by atoms with Gasteiger partial charge >= 0.3 is 0 Å². The van der Waals surface area contributed by atoms with E-state index in [1.54, 1.807) is 6.92 Å². The van der Waals surface area contributed by atoms with Crippen molar-refractivity contribution in [2.24, 2.45) is 11.7 Å². The lowest BCUT2D eigenvalue weighted by molar-refractivity contribution is -0.123. The van der Waals surface area contributed by atoms with E-state index >= 15 is 0 Å². The third kappa shape index (κ3) is 3.80. The highest BCUT2D eigenvalue weighted by Crippen LogP contribution is 2.31. The van der Waals surface area contributed by atoms with Gasteiger partial charge in [0.1, 0.15) is 0 Å². The molecule has 1 rings (SSSR count). The van der Waals surface area contributed by atoms with Crippen molar-refractivity contribution in [3.63, 3.8) is 0 Å². The van der Waals surface area contributed by atoms with E-state index < -0.39 is 11.6 Å². The zero-order valence-electron chi connectivity index (χ0n) is 9.62. The number of nitrogens with two attached hydrogens (primary N) is 1. The van der Waals surface area contributed by atoms with Crippen LogP contribution in [0.25, 0.3) is 0 Å². The second-order valence-corrected chi connectivity index (χ2v) is 4.93. The zero-order valence-corrected chi connectivity index (χ0v) is 9.62. The van der Waals surface area contributed by atoms with E-state index in [-0.39, 0.29) is 5.91 Å². The monoisotopic (exact) mass is 214 g/mol. The van der Waals surface area contributed by atoms with Gasteiger partial charge in [-0.1, -0.05) is 19.8 Å². The first kappa shape index (κ1) is 12.5. The highest BCUT2D eigenvalue weighted by molar-refractivity contribution is 5.81. The quantitative estimate of drug-likeness (QED) is 0.636. The number of carbonyl (C=O) groups excluding carboxylic acids is 1. The van der Waals surface area contributed by atoms with Crippen LogP contribution in [-0.2, 0) is 4.79 Å². The van der Waals surface area contributed by atoms with Gasteiger partial charge in [-0.2, -0.15) is 0 Å². The molecule has 4 nitrogen and oxygen atoms in total. The van der Waals surface area contributed by atoms with E-state index in [0.29, 0.717) is 12.5 Å². The number of aliphatic hydroxyl groups is 1. The van der Waals surface area contributed by atoms with Crippen LogP contribution in [0.15, 0.2) is 0 Å². The fourth-order valence-corrected chi connectivity index (χ4v) is 2.21. The lowest BCUT2D eigenvalue weighted by Gasteiger charge is -2.35. The summed E-state index contributed by atoms with van der Waals surface area (Å²) in [6.45, 7) is 4.11. The Labute approximate surface area is 91.2 Å². The summed E-state index contributed by atoms with van der Waals surface area (Å²) in [5.41, 5.74) is 4.71. The molecular weight excluding hydrogens is 192 g/mol. The summed E-state index contributed by atoms with van der Waals surface area (Å²) in [5, 5.41) is 12.9. The van der Waals surface area contributed by atoms with E-state index in [2.05, 4.69) is 12.2 Å². The number of rotatable bonds is 3. The summed E-state index contributed by atoms with van der Waals surface area (Å²) in [5.74, 6) is 0.345. The van der Waals surface area contributed by atoms with Gasteiger partial charge in [0.2, 0.25) is 5.91 Å². The molecule has 88 valence electrons. The molecule has 0 bridgehead atoms. The average Bonchev–Trinajstić information content (AvgIpc) is 2.13. The smallest absolute Gasteiger partial charge is 0.236 e. The molecular formula is C11H22N2O2. The van der Waals surface area contributed by atoms with E-state index in [0.717, 1.165) is 19.3 Å². The van der Waals surface area contributed by atoms with E-state index in [1.165, 1.54) is 6.42 Å². The van der Waals surface area contributed by atoms with Crippen molar-refractivity contribution in [1.82, 2.24) is 5.32 Å². The topological polar surface area (TPSA) is 75.3 Å². The molecule has 0 aliphatic heterocycles. The maximum atomic E-state index is 11.3. The highest BCUT2D eigenvalue weighted by Gasteiger charge is 2.32. The standard InChI is InChI=1S/C11H22N2O2/c1-8-4-3-5-11(15,6-8)7-13-10(14)9(2)12/h8-9,15H,3-7,12H2,1-2H3,(H,13,14). The third-order valence-electron chi connectivity index (χ3n) is 3.07. The normalized spacial score (nSPS) is 33.5. The Bertz CT molecular complexity index is 231. The van der Waals surface area contributed by atoms with Crippen molar-refractivity contribution in [1.29, 1.82) is 0 Å². The summed E-state index contributed by atoms with van der Waals surface area (Å²) in [7, 11) is 0. The van der Waals surface area contributed by atoms with Crippen LogP contribution >= 0.6 is 0 Å². The lowest BCUT2D eigenvalue weighted by Crippen LogP contribution is -2.49. The molecule has 0 aromatic carbocycles. The summed E-state index contributed by atoms with van der Waals surface area (Å²) >= 11 is 0. The van der Waals surface area contributed by atoms with Crippen LogP contribution in [0, 0.1) is 5.92 Å². The van der Waals surface area contributed by atoms with Crippen LogP contribution in [0.2, 0.25) is 0 Å². The molecule has 1 fully saturated rings. The highest BCUT2D eigenvalue weighted by atomic mass is 16.3. The lowest BCUT2D eigenvalue weighted by atomic mass is 9.79. The third-order valence-corrected chi connectivity index (χ3v) is 3.07. The van der Waals surface area contributed by atoms with Gasteiger partial charge in [0.15, 0.2) is 0 Å². The van der Waals surface area contributed by atoms with E-state index in [4.69, 9.17) is 5.73 Å². The van der Waals surface area contributed by atoms with E-state index in [9.17, 15) is 9.90 Å². The molecule has 1 amide bonds. The second-order valence-electron chi connectivity index (χ2n) is 4.93.